The number of halogens is 1. The van der Waals surface area contributed by atoms with E-state index in [9.17, 15) is 0 Å². The lowest BCUT2D eigenvalue weighted by molar-refractivity contribution is 0.0529. The normalized spacial score (nSPS) is 17.2. The van der Waals surface area contributed by atoms with Crippen molar-refractivity contribution in [3.63, 3.8) is 0 Å². The van der Waals surface area contributed by atoms with Gasteiger partial charge in [-0.1, -0.05) is 0 Å². The van der Waals surface area contributed by atoms with Crippen LogP contribution in [0, 0.1) is 6.92 Å². The van der Waals surface area contributed by atoms with Crippen molar-refractivity contribution < 1.29 is 4.74 Å². The smallest absolute Gasteiger partial charge is 0.191 e. The number of anilines is 1. The topological polar surface area (TPSA) is 74.7 Å². The van der Waals surface area contributed by atoms with Crippen LogP contribution in [0.15, 0.2) is 29.5 Å². The standard InChI is InChI=1S/C19H28N6OS.HI/c1-14-13-25(8-9-26-14)17-10-16(4-6-21-17)12-24-19(20-3)22-7-5-18-23-11-15(2)27-18;/h4,6,10-11,14H,5,7-9,12-13H2,1-3H3,(H2,20,22,24);1H. The second-order valence-corrected chi connectivity index (χ2v) is 7.94. The number of guanidine groups is 1. The molecular weight excluding hydrogens is 487 g/mol. The zero-order chi connectivity index (χ0) is 19.1. The minimum atomic E-state index is 0. The molecule has 1 saturated heterocycles. The molecule has 1 atom stereocenters. The Morgan fingerprint density at radius 1 is 1.39 bits per heavy atom. The zero-order valence-electron chi connectivity index (χ0n) is 16.6. The lowest BCUT2D eigenvalue weighted by Crippen LogP contribution is -2.41. The molecule has 154 valence electrons. The molecule has 0 radical (unpaired) electrons. The van der Waals surface area contributed by atoms with Crippen LogP contribution in [-0.2, 0) is 17.7 Å². The number of hydrogen-bond donors (Lipinski definition) is 2. The first kappa shape index (κ1) is 22.8. The molecule has 0 amide bonds. The summed E-state index contributed by atoms with van der Waals surface area (Å²) in [5, 5.41) is 7.86. The van der Waals surface area contributed by atoms with E-state index < -0.39 is 0 Å². The number of morpholine rings is 1. The van der Waals surface area contributed by atoms with Crippen molar-refractivity contribution in [3.8, 4) is 0 Å². The maximum Gasteiger partial charge on any atom is 0.191 e. The second-order valence-electron chi connectivity index (χ2n) is 6.62. The molecule has 28 heavy (non-hydrogen) atoms. The van der Waals surface area contributed by atoms with E-state index in [0.29, 0.717) is 6.54 Å². The molecular formula is C19H29IN6OS. The Kier molecular flexibility index (Phi) is 9.39. The number of nitrogens with one attached hydrogen (secondary N) is 2. The molecule has 0 bridgehead atoms. The van der Waals surface area contributed by atoms with E-state index in [1.54, 1.807) is 18.4 Å². The number of nitrogens with zero attached hydrogens (tertiary/aromatic N) is 4. The molecule has 2 N–H and O–H groups in total. The van der Waals surface area contributed by atoms with E-state index in [1.807, 2.05) is 18.5 Å². The van der Waals surface area contributed by atoms with Gasteiger partial charge < -0.3 is 20.3 Å². The largest absolute Gasteiger partial charge is 0.375 e. The van der Waals surface area contributed by atoms with Crippen LogP contribution in [0.1, 0.15) is 22.4 Å². The highest BCUT2D eigenvalue weighted by molar-refractivity contribution is 14.0. The highest BCUT2D eigenvalue weighted by Gasteiger charge is 2.18. The molecule has 1 fully saturated rings. The van der Waals surface area contributed by atoms with E-state index >= 15 is 0 Å². The minimum Gasteiger partial charge on any atom is -0.375 e. The first-order chi connectivity index (χ1) is 13.1. The molecule has 2 aromatic heterocycles. The van der Waals surface area contributed by atoms with Gasteiger partial charge in [-0.2, -0.15) is 0 Å². The lowest BCUT2D eigenvalue weighted by Gasteiger charge is -2.32. The van der Waals surface area contributed by atoms with E-state index in [4.69, 9.17) is 4.74 Å². The molecule has 0 aliphatic carbocycles. The molecule has 0 aromatic carbocycles. The van der Waals surface area contributed by atoms with Gasteiger partial charge in [0.25, 0.3) is 0 Å². The molecule has 1 unspecified atom stereocenters. The summed E-state index contributed by atoms with van der Waals surface area (Å²) in [4.78, 5) is 16.7. The molecule has 9 heteroatoms. The molecule has 2 aromatic rings. The average Bonchev–Trinajstić information content (AvgIpc) is 3.10. The second kappa shape index (κ2) is 11.5. The van der Waals surface area contributed by atoms with Gasteiger partial charge in [0.15, 0.2) is 5.96 Å². The first-order valence-corrected chi connectivity index (χ1v) is 10.1. The quantitative estimate of drug-likeness (QED) is 0.350. The van der Waals surface area contributed by atoms with Crippen molar-refractivity contribution in [1.82, 2.24) is 20.6 Å². The summed E-state index contributed by atoms with van der Waals surface area (Å²) in [7, 11) is 1.79. The summed E-state index contributed by atoms with van der Waals surface area (Å²) in [6.07, 6.45) is 4.93. The molecule has 1 aliphatic heterocycles. The summed E-state index contributed by atoms with van der Waals surface area (Å²) in [5.41, 5.74) is 1.18. The van der Waals surface area contributed by atoms with Gasteiger partial charge in [-0.15, -0.1) is 35.3 Å². The van der Waals surface area contributed by atoms with Gasteiger partial charge in [0, 0.05) is 56.9 Å². The van der Waals surface area contributed by atoms with Crippen LogP contribution in [0.25, 0.3) is 0 Å². The van der Waals surface area contributed by atoms with Gasteiger partial charge in [0.2, 0.25) is 0 Å². The van der Waals surface area contributed by atoms with Gasteiger partial charge in [-0.25, -0.2) is 9.97 Å². The van der Waals surface area contributed by atoms with E-state index in [1.165, 1.54) is 10.4 Å². The fourth-order valence-electron chi connectivity index (χ4n) is 2.98. The summed E-state index contributed by atoms with van der Waals surface area (Å²) in [5.74, 6) is 1.80. The van der Waals surface area contributed by atoms with Crippen LogP contribution in [-0.4, -0.2) is 55.3 Å². The van der Waals surface area contributed by atoms with Crippen molar-refractivity contribution >= 4 is 47.1 Å². The zero-order valence-corrected chi connectivity index (χ0v) is 19.8. The number of pyridine rings is 1. The summed E-state index contributed by atoms with van der Waals surface area (Å²) in [6.45, 7) is 8.19. The Balaban J connectivity index is 0.00000280. The highest BCUT2D eigenvalue weighted by atomic mass is 127. The maximum atomic E-state index is 5.61. The van der Waals surface area contributed by atoms with Crippen LogP contribution in [0.4, 0.5) is 5.82 Å². The predicted octanol–water partition coefficient (Wildman–Crippen LogP) is 2.60. The third kappa shape index (κ3) is 6.85. The molecule has 3 rings (SSSR count). The first-order valence-electron chi connectivity index (χ1n) is 9.31. The van der Waals surface area contributed by atoms with E-state index in [2.05, 4.69) is 50.4 Å². The molecule has 7 nitrogen and oxygen atoms in total. The fraction of sp³-hybridized carbons (Fsp3) is 0.526. The van der Waals surface area contributed by atoms with Crippen molar-refractivity contribution in [2.45, 2.75) is 32.9 Å². The van der Waals surface area contributed by atoms with Crippen molar-refractivity contribution in [2.24, 2.45) is 4.99 Å². The minimum absolute atomic E-state index is 0. The van der Waals surface area contributed by atoms with Gasteiger partial charge in [-0.05, 0) is 31.5 Å². The summed E-state index contributed by atoms with van der Waals surface area (Å²) in [6, 6.07) is 4.17. The third-order valence-electron chi connectivity index (χ3n) is 4.36. The average molecular weight is 516 g/mol. The van der Waals surface area contributed by atoms with Crippen LogP contribution in [0.5, 0.6) is 0 Å². The lowest BCUT2D eigenvalue weighted by atomic mass is 10.2. The monoisotopic (exact) mass is 516 g/mol. The number of hydrogen-bond acceptors (Lipinski definition) is 6. The predicted molar refractivity (Wildman–Crippen MR) is 126 cm³/mol. The maximum absolute atomic E-state index is 5.61. The Morgan fingerprint density at radius 3 is 2.96 bits per heavy atom. The fourth-order valence-corrected chi connectivity index (χ4v) is 3.77. The number of aryl methyl sites for hydroxylation is 1. The Bertz CT molecular complexity index is 768. The number of ether oxygens (including phenoxy) is 1. The van der Waals surface area contributed by atoms with Crippen LogP contribution < -0.4 is 15.5 Å². The molecule has 3 heterocycles. The Labute approximate surface area is 188 Å². The van der Waals surface area contributed by atoms with Crippen molar-refractivity contribution in [2.75, 3.05) is 38.2 Å². The number of rotatable bonds is 6. The van der Waals surface area contributed by atoms with Gasteiger partial charge in [0.05, 0.1) is 17.7 Å². The van der Waals surface area contributed by atoms with Gasteiger partial charge in [-0.3, -0.25) is 4.99 Å². The third-order valence-corrected chi connectivity index (χ3v) is 5.33. The van der Waals surface area contributed by atoms with Crippen molar-refractivity contribution in [1.29, 1.82) is 0 Å². The Morgan fingerprint density at radius 2 is 2.25 bits per heavy atom. The molecule has 0 spiro atoms. The number of thiazole rings is 1. The van der Waals surface area contributed by atoms with E-state index in [0.717, 1.165) is 49.4 Å². The summed E-state index contributed by atoms with van der Waals surface area (Å²) >= 11 is 1.74. The number of aromatic nitrogens is 2. The van der Waals surface area contributed by atoms with Crippen LogP contribution >= 0.6 is 35.3 Å². The van der Waals surface area contributed by atoms with E-state index in [-0.39, 0.29) is 30.1 Å². The Hall–Kier alpha value is -1.46. The van der Waals surface area contributed by atoms with Crippen LogP contribution in [0.3, 0.4) is 0 Å². The van der Waals surface area contributed by atoms with Gasteiger partial charge in [0.1, 0.15) is 5.82 Å². The molecule has 0 saturated carbocycles. The van der Waals surface area contributed by atoms with Crippen molar-refractivity contribution in [3.05, 3.63) is 40.0 Å². The highest BCUT2D eigenvalue weighted by Crippen LogP contribution is 2.16. The molecule has 1 aliphatic rings. The SMILES string of the molecule is CN=C(NCCc1ncc(C)s1)NCc1ccnc(N2CCOC(C)C2)c1.I. The van der Waals surface area contributed by atoms with Crippen LogP contribution in [0.2, 0.25) is 0 Å². The number of aliphatic imine (C=N–C) groups is 1. The summed E-state index contributed by atoms with van der Waals surface area (Å²) < 4.78 is 5.61. The van der Waals surface area contributed by atoms with Gasteiger partial charge >= 0.3 is 0 Å².